The summed E-state index contributed by atoms with van der Waals surface area (Å²) >= 11 is 0. The summed E-state index contributed by atoms with van der Waals surface area (Å²) in [5.74, 6) is 1.51. The first-order valence-corrected chi connectivity index (χ1v) is 9.96. The predicted molar refractivity (Wildman–Crippen MR) is 114 cm³/mol. The molecule has 0 saturated heterocycles. The van der Waals surface area contributed by atoms with Crippen molar-refractivity contribution in [3.05, 3.63) is 43.6 Å². The molecule has 1 atom stereocenters. The summed E-state index contributed by atoms with van der Waals surface area (Å²) in [5.41, 5.74) is 1.28. The minimum atomic E-state index is -0.596. The van der Waals surface area contributed by atoms with Crippen LogP contribution < -0.4 is 25.5 Å². The summed E-state index contributed by atoms with van der Waals surface area (Å²) in [7, 11) is 6.39. The number of aromatic nitrogens is 2. The molecular formula is C21H26N4O6. The van der Waals surface area contributed by atoms with Crippen LogP contribution in [0.2, 0.25) is 0 Å². The molecule has 0 amide bonds. The second kappa shape index (κ2) is 7.77. The summed E-state index contributed by atoms with van der Waals surface area (Å²) in [5, 5.41) is 10.4. The third-order valence-corrected chi connectivity index (χ3v) is 6.04. The number of ether oxygens (including phenoxy) is 3. The van der Waals surface area contributed by atoms with Crippen LogP contribution in [-0.4, -0.2) is 58.9 Å². The minimum Gasteiger partial charge on any atom is -0.494 e. The van der Waals surface area contributed by atoms with E-state index in [0.29, 0.717) is 29.5 Å². The van der Waals surface area contributed by atoms with Gasteiger partial charge in [0.15, 0.2) is 11.5 Å². The Morgan fingerprint density at radius 3 is 2.71 bits per heavy atom. The zero-order valence-electron chi connectivity index (χ0n) is 18.3. The van der Waals surface area contributed by atoms with Crippen molar-refractivity contribution in [2.75, 3.05) is 34.0 Å². The molecule has 4 rings (SSSR count). The molecule has 10 nitrogen and oxygen atoms in total. The standard InChI is InChI=1S/C21H26N4O6/c1-11(15-19(26)24(3)21(28)25(4)20(15)27)22-9-13-16-12(6-7-23(13)2)8-14-17(18(16)29-5)31-10-30-14/h8,13,26H,6-7,9-10H2,1-5H3. The van der Waals surface area contributed by atoms with Gasteiger partial charge in [0.1, 0.15) is 5.56 Å². The van der Waals surface area contributed by atoms with Gasteiger partial charge in [-0.15, -0.1) is 0 Å². The van der Waals surface area contributed by atoms with Gasteiger partial charge in [-0.05, 0) is 32.0 Å². The Kier molecular flexibility index (Phi) is 5.26. The quantitative estimate of drug-likeness (QED) is 0.707. The van der Waals surface area contributed by atoms with E-state index in [2.05, 4.69) is 9.89 Å². The zero-order chi connectivity index (χ0) is 22.4. The maximum Gasteiger partial charge on any atom is 0.333 e. The van der Waals surface area contributed by atoms with Crippen LogP contribution in [0.25, 0.3) is 0 Å². The fraction of sp³-hybridized carbons (Fsp3) is 0.476. The van der Waals surface area contributed by atoms with Crippen molar-refractivity contribution >= 4 is 5.71 Å². The van der Waals surface area contributed by atoms with E-state index in [1.807, 2.05) is 13.1 Å². The number of benzene rings is 1. The third kappa shape index (κ3) is 3.27. The highest BCUT2D eigenvalue weighted by molar-refractivity contribution is 6.00. The lowest BCUT2D eigenvalue weighted by Crippen LogP contribution is -2.40. The number of fused-ring (bicyclic) bond motifs is 2. The van der Waals surface area contributed by atoms with Crippen molar-refractivity contribution in [3.8, 4) is 23.1 Å². The third-order valence-electron chi connectivity index (χ3n) is 6.04. The predicted octanol–water partition coefficient (Wildman–Crippen LogP) is 0.565. The molecule has 166 valence electrons. The molecule has 2 aliphatic rings. The Balaban J connectivity index is 1.76. The fourth-order valence-electron chi connectivity index (χ4n) is 4.21. The lowest BCUT2D eigenvalue weighted by Gasteiger charge is -2.35. The van der Waals surface area contributed by atoms with Crippen molar-refractivity contribution < 1.29 is 19.3 Å². The van der Waals surface area contributed by atoms with E-state index in [4.69, 9.17) is 14.2 Å². The highest BCUT2D eigenvalue weighted by atomic mass is 16.7. The topological polar surface area (TPSA) is 108 Å². The number of likely N-dealkylation sites (N-methyl/N-ethyl adjacent to an activating group) is 1. The van der Waals surface area contributed by atoms with Crippen molar-refractivity contribution in [3.63, 3.8) is 0 Å². The molecule has 31 heavy (non-hydrogen) atoms. The molecule has 1 aromatic carbocycles. The van der Waals surface area contributed by atoms with Gasteiger partial charge in [0.25, 0.3) is 5.56 Å². The lowest BCUT2D eigenvalue weighted by atomic mass is 9.91. The molecule has 0 radical (unpaired) electrons. The fourth-order valence-corrected chi connectivity index (χ4v) is 4.21. The van der Waals surface area contributed by atoms with Gasteiger partial charge in [-0.1, -0.05) is 0 Å². The number of hydrogen-bond donors (Lipinski definition) is 1. The first-order valence-electron chi connectivity index (χ1n) is 9.96. The first-order chi connectivity index (χ1) is 14.8. The molecule has 1 unspecified atom stereocenters. The maximum atomic E-state index is 12.6. The van der Waals surface area contributed by atoms with Gasteiger partial charge in [0.05, 0.1) is 19.7 Å². The van der Waals surface area contributed by atoms with Crippen LogP contribution in [-0.2, 0) is 20.5 Å². The van der Waals surface area contributed by atoms with Crippen molar-refractivity contribution in [2.45, 2.75) is 19.4 Å². The van der Waals surface area contributed by atoms with E-state index in [-0.39, 0.29) is 18.4 Å². The van der Waals surface area contributed by atoms with Crippen LogP contribution in [0.5, 0.6) is 23.1 Å². The van der Waals surface area contributed by atoms with E-state index < -0.39 is 17.1 Å². The van der Waals surface area contributed by atoms with Crippen molar-refractivity contribution in [2.24, 2.45) is 19.1 Å². The number of rotatable bonds is 4. The highest BCUT2D eigenvalue weighted by Gasteiger charge is 2.34. The Labute approximate surface area is 178 Å². The average molecular weight is 430 g/mol. The van der Waals surface area contributed by atoms with E-state index in [0.717, 1.165) is 33.2 Å². The molecule has 1 aromatic heterocycles. The SMILES string of the molecule is COc1c2c(cc3c1C(CN=C(C)c1c(O)n(C)c(=O)n(C)c1=O)N(C)CC3)OCO2. The molecule has 0 aliphatic carbocycles. The summed E-state index contributed by atoms with van der Waals surface area (Å²) in [6.07, 6.45) is 0.833. The molecular weight excluding hydrogens is 404 g/mol. The van der Waals surface area contributed by atoms with Gasteiger partial charge in [-0.25, -0.2) is 4.79 Å². The number of aliphatic imine (C=N–C) groups is 1. The van der Waals surface area contributed by atoms with Crippen LogP contribution in [0.3, 0.4) is 0 Å². The van der Waals surface area contributed by atoms with Crippen LogP contribution in [0, 0.1) is 0 Å². The van der Waals surface area contributed by atoms with Gasteiger partial charge < -0.3 is 19.3 Å². The molecule has 3 heterocycles. The van der Waals surface area contributed by atoms with Crippen LogP contribution >= 0.6 is 0 Å². The summed E-state index contributed by atoms with van der Waals surface area (Å²) < 4.78 is 18.9. The van der Waals surface area contributed by atoms with Gasteiger partial charge in [-0.2, -0.15) is 0 Å². The number of methoxy groups -OCH3 is 1. The highest BCUT2D eigenvalue weighted by Crippen LogP contribution is 2.49. The second-order valence-corrected chi connectivity index (χ2v) is 7.79. The minimum absolute atomic E-state index is 0.0148. The number of aromatic hydroxyl groups is 1. The average Bonchev–Trinajstić information content (AvgIpc) is 3.22. The van der Waals surface area contributed by atoms with E-state index in [9.17, 15) is 14.7 Å². The van der Waals surface area contributed by atoms with Gasteiger partial charge >= 0.3 is 5.69 Å². The molecule has 10 heteroatoms. The summed E-state index contributed by atoms with van der Waals surface area (Å²) in [6.45, 7) is 2.96. The molecule has 0 fully saturated rings. The monoisotopic (exact) mass is 430 g/mol. The molecule has 0 spiro atoms. The largest absolute Gasteiger partial charge is 0.494 e. The van der Waals surface area contributed by atoms with Crippen molar-refractivity contribution in [1.29, 1.82) is 0 Å². The van der Waals surface area contributed by atoms with Crippen LogP contribution in [0.1, 0.15) is 29.7 Å². The van der Waals surface area contributed by atoms with E-state index in [1.165, 1.54) is 14.1 Å². The number of nitrogens with zero attached hydrogens (tertiary/aromatic N) is 4. The van der Waals surface area contributed by atoms with Crippen LogP contribution in [0.4, 0.5) is 0 Å². The van der Waals surface area contributed by atoms with Gasteiger partial charge in [0.2, 0.25) is 18.4 Å². The normalized spacial score (nSPS) is 18.2. The Hall–Kier alpha value is -3.27. The molecule has 2 aliphatic heterocycles. The molecule has 1 N–H and O–H groups in total. The van der Waals surface area contributed by atoms with Gasteiger partial charge in [-0.3, -0.25) is 23.8 Å². The zero-order valence-corrected chi connectivity index (χ0v) is 18.3. The summed E-state index contributed by atoms with van der Waals surface area (Å²) in [6, 6.07) is 1.87. The maximum absolute atomic E-state index is 12.6. The Morgan fingerprint density at radius 2 is 2.00 bits per heavy atom. The smallest absolute Gasteiger partial charge is 0.333 e. The molecule has 0 bridgehead atoms. The van der Waals surface area contributed by atoms with Crippen LogP contribution in [0.15, 0.2) is 20.6 Å². The van der Waals surface area contributed by atoms with Crippen molar-refractivity contribution in [1.82, 2.24) is 14.0 Å². The lowest BCUT2D eigenvalue weighted by molar-refractivity contribution is 0.170. The van der Waals surface area contributed by atoms with E-state index in [1.54, 1.807) is 14.0 Å². The van der Waals surface area contributed by atoms with Gasteiger partial charge in [0, 0.05) is 31.9 Å². The first kappa shape index (κ1) is 21.0. The van der Waals surface area contributed by atoms with E-state index >= 15 is 0 Å². The number of hydrogen-bond acceptors (Lipinski definition) is 8. The Bertz CT molecular complexity index is 1200. The second-order valence-electron chi connectivity index (χ2n) is 7.79. The summed E-state index contributed by atoms with van der Waals surface area (Å²) in [4.78, 5) is 31.4. The molecule has 2 aromatic rings. The molecule has 0 saturated carbocycles. The Morgan fingerprint density at radius 1 is 1.26 bits per heavy atom.